The van der Waals surface area contributed by atoms with Gasteiger partial charge < -0.3 is 10.6 Å². The maximum atomic E-state index is 10.5. The normalized spacial score (nSPS) is 14.1. The van der Waals surface area contributed by atoms with Gasteiger partial charge in [0.1, 0.15) is 15.9 Å². The molecule has 0 spiro atoms. The molecule has 0 saturated carbocycles. The van der Waals surface area contributed by atoms with Crippen LogP contribution in [0.25, 0.3) is 0 Å². The first-order valence-electron chi connectivity index (χ1n) is 2.70. The van der Waals surface area contributed by atoms with E-state index in [1.807, 2.05) is 0 Å². The summed E-state index contributed by atoms with van der Waals surface area (Å²) < 4.78 is 21.1. The van der Waals surface area contributed by atoms with E-state index in [1.165, 1.54) is 0 Å². The van der Waals surface area contributed by atoms with Crippen molar-refractivity contribution in [1.29, 1.82) is 0 Å². The minimum atomic E-state index is -3.26. The number of sulfone groups is 1. The lowest BCUT2D eigenvalue weighted by molar-refractivity contribution is -0.145. The molecule has 0 aromatic carbocycles. The first-order chi connectivity index (χ1) is 4.87. The zero-order valence-electron chi connectivity index (χ0n) is 5.98. The Balaban J connectivity index is 4.09. The Hall–Kier alpha value is -0.660. The molecule has 6 nitrogen and oxygen atoms in total. The van der Waals surface area contributed by atoms with E-state index in [2.05, 4.69) is 10.7 Å². The molecule has 0 amide bonds. The molecule has 0 aromatic heterocycles. The zero-order valence-corrected chi connectivity index (χ0v) is 6.80. The highest BCUT2D eigenvalue weighted by molar-refractivity contribution is 7.90. The Morgan fingerprint density at radius 1 is 1.64 bits per heavy atom. The standard InChI is InChI=1S/C4H10N2O4S/c1-11(8,9)2-3(5)4(7)10-6/h3H,2,5-6H2,1H3/t3-/m0/s1. The summed E-state index contributed by atoms with van der Waals surface area (Å²) in [7, 11) is -3.26. The summed E-state index contributed by atoms with van der Waals surface area (Å²) in [6.45, 7) is 0. The molecule has 0 aromatic rings. The molecule has 0 fully saturated rings. The SMILES string of the molecule is CS(=O)(=O)C[C@H](N)C(=O)ON. The van der Waals surface area contributed by atoms with Crippen LogP contribution in [0.5, 0.6) is 0 Å². The molecule has 4 N–H and O–H groups in total. The van der Waals surface area contributed by atoms with E-state index in [0.29, 0.717) is 0 Å². The van der Waals surface area contributed by atoms with Gasteiger partial charge in [0.15, 0.2) is 0 Å². The van der Waals surface area contributed by atoms with Gasteiger partial charge in [-0.05, 0) is 0 Å². The van der Waals surface area contributed by atoms with Crippen LogP contribution in [0.4, 0.5) is 0 Å². The molecular weight excluding hydrogens is 172 g/mol. The monoisotopic (exact) mass is 182 g/mol. The Morgan fingerprint density at radius 2 is 2.09 bits per heavy atom. The summed E-state index contributed by atoms with van der Waals surface area (Å²) in [6, 6.07) is -1.20. The molecule has 0 rings (SSSR count). The first kappa shape index (κ1) is 10.3. The van der Waals surface area contributed by atoms with Gasteiger partial charge in [-0.15, -0.1) is 0 Å². The van der Waals surface area contributed by atoms with Crippen LogP contribution in [0.1, 0.15) is 0 Å². The number of hydrogen-bond acceptors (Lipinski definition) is 6. The lowest BCUT2D eigenvalue weighted by Gasteiger charge is -2.05. The molecule has 0 bridgehead atoms. The molecule has 0 radical (unpaired) electrons. The molecule has 0 saturated heterocycles. The molecule has 7 heteroatoms. The summed E-state index contributed by atoms with van der Waals surface area (Å²) >= 11 is 0. The molecule has 0 unspecified atom stereocenters. The fourth-order valence-corrected chi connectivity index (χ4v) is 1.27. The highest BCUT2D eigenvalue weighted by Gasteiger charge is 2.19. The fraction of sp³-hybridized carbons (Fsp3) is 0.750. The second kappa shape index (κ2) is 3.65. The average molecular weight is 182 g/mol. The van der Waals surface area contributed by atoms with Crippen LogP contribution in [-0.4, -0.2) is 32.4 Å². The highest BCUT2D eigenvalue weighted by atomic mass is 32.2. The Morgan fingerprint density at radius 3 is 2.36 bits per heavy atom. The van der Waals surface area contributed by atoms with E-state index in [4.69, 9.17) is 5.73 Å². The van der Waals surface area contributed by atoms with Crippen LogP contribution in [0.3, 0.4) is 0 Å². The molecule has 0 aliphatic carbocycles. The van der Waals surface area contributed by atoms with Gasteiger partial charge in [0, 0.05) is 6.26 Å². The second-order valence-corrected chi connectivity index (χ2v) is 4.32. The predicted octanol–water partition coefficient (Wildman–Crippen LogP) is -2.22. The Labute approximate surface area is 64.4 Å². The predicted molar refractivity (Wildman–Crippen MR) is 38.0 cm³/mol. The van der Waals surface area contributed by atoms with E-state index in [1.54, 1.807) is 0 Å². The van der Waals surface area contributed by atoms with Crippen molar-refractivity contribution in [2.24, 2.45) is 11.6 Å². The lowest BCUT2D eigenvalue weighted by Crippen LogP contribution is -2.39. The maximum absolute atomic E-state index is 10.5. The van der Waals surface area contributed by atoms with Crippen LogP contribution in [-0.2, 0) is 19.5 Å². The quantitative estimate of drug-likeness (QED) is 0.478. The molecule has 11 heavy (non-hydrogen) atoms. The van der Waals surface area contributed by atoms with Gasteiger partial charge in [-0.3, -0.25) is 0 Å². The van der Waals surface area contributed by atoms with Crippen molar-refractivity contribution in [3.05, 3.63) is 0 Å². The van der Waals surface area contributed by atoms with Crippen LogP contribution in [0.15, 0.2) is 0 Å². The molecular formula is C4H10N2O4S. The van der Waals surface area contributed by atoms with Gasteiger partial charge in [-0.1, -0.05) is 0 Å². The van der Waals surface area contributed by atoms with Crippen molar-refractivity contribution in [2.75, 3.05) is 12.0 Å². The van der Waals surface area contributed by atoms with Gasteiger partial charge in [-0.25, -0.2) is 13.2 Å². The molecule has 0 aliphatic rings. The molecule has 66 valence electrons. The Bertz CT molecular complexity index is 234. The van der Waals surface area contributed by atoms with Crippen molar-refractivity contribution in [2.45, 2.75) is 6.04 Å². The fourth-order valence-electron chi connectivity index (χ4n) is 0.482. The number of hydrogen-bond donors (Lipinski definition) is 2. The average Bonchev–Trinajstić information content (AvgIpc) is 1.82. The number of carbonyl (C=O) groups excluding carboxylic acids is 1. The van der Waals surface area contributed by atoms with Crippen molar-refractivity contribution < 1.29 is 18.0 Å². The minimum Gasteiger partial charge on any atom is -0.372 e. The summed E-state index contributed by atoms with van der Waals surface area (Å²) in [5.74, 6) is 3.08. The third-order valence-electron chi connectivity index (χ3n) is 0.901. The maximum Gasteiger partial charge on any atom is 0.342 e. The van der Waals surface area contributed by atoms with E-state index < -0.39 is 27.6 Å². The van der Waals surface area contributed by atoms with E-state index in [-0.39, 0.29) is 0 Å². The van der Waals surface area contributed by atoms with E-state index >= 15 is 0 Å². The van der Waals surface area contributed by atoms with Crippen molar-refractivity contribution in [1.82, 2.24) is 0 Å². The summed E-state index contributed by atoms with van der Waals surface area (Å²) in [5, 5.41) is 0. The van der Waals surface area contributed by atoms with Crippen LogP contribution in [0, 0.1) is 0 Å². The summed E-state index contributed by atoms with van der Waals surface area (Å²) in [6.07, 6.45) is 0.969. The highest BCUT2D eigenvalue weighted by Crippen LogP contribution is 1.89. The van der Waals surface area contributed by atoms with Crippen LogP contribution in [0.2, 0.25) is 0 Å². The topological polar surface area (TPSA) is 112 Å². The van der Waals surface area contributed by atoms with Gasteiger partial charge in [0.25, 0.3) is 0 Å². The van der Waals surface area contributed by atoms with Gasteiger partial charge in [0.05, 0.1) is 5.75 Å². The largest absolute Gasteiger partial charge is 0.372 e. The Kier molecular flexibility index (Phi) is 3.43. The van der Waals surface area contributed by atoms with Gasteiger partial charge >= 0.3 is 5.97 Å². The smallest absolute Gasteiger partial charge is 0.342 e. The first-order valence-corrected chi connectivity index (χ1v) is 4.76. The molecule has 1 atom stereocenters. The number of carbonyl (C=O) groups is 1. The van der Waals surface area contributed by atoms with Gasteiger partial charge in [-0.2, -0.15) is 5.90 Å². The lowest BCUT2D eigenvalue weighted by atomic mass is 10.4. The third-order valence-corrected chi connectivity index (χ3v) is 1.87. The zero-order chi connectivity index (χ0) is 9.07. The van der Waals surface area contributed by atoms with Crippen molar-refractivity contribution >= 4 is 15.8 Å². The van der Waals surface area contributed by atoms with E-state index in [0.717, 1.165) is 6.26 Å². The minimum absolute atomic E-state index is 0.455. The molecule has 0 aliphatic heterocycles. The summed E-state index contributed by atoms with van der Waals surface area (Å²) in [4.78, 5) is 14.2. The number of nitrogens with two attached hydrogens (primary N) is 2. The van der Waals surface area contributed by atoms with Crippen LogP contribution >= 0.6 is 0 Å². The van der Waals surface area contributed by atoms with E-state index in [9.17, 15) is 13.2 Å². The number of rotatable bonds is 3. The third kappa shape index (κ3) is 4.71. The second-order valence-electron chi connectivity index (χ2n) is 2.14. The van der Waals surface area contributed by atoms with Crippen LogP contribution < -0.4 is 11.6 Å². The summed E-state index contributed by atoms with van der Waals surface area (Å²) in [5.41, 5.74) is 5.08. The molecule has 0 heterocycles. The van der Waals surface area contributed by atoms with Gasteiger partial charge in [0.2, 0.25) is 0 Å². The van der Waals surface area contributed by atoms with Crippen molar-refractivity contribution in [3.63, 3.8) is 0 Å². The van der Waals surface area contributed by atoms with Crippen molar-refractivity contribution in [3.8, 4) is 0 Å².